The van der Waals surface area contributed by atoms with E-state index in [1.807, 2.05) is 36.4 Å². The molecule has 130 valence electrons. The summed E-state index contributed by atoms with van der Waals surface area (Å²) >= 11 is 6.14. The number of aliphatic hydroxyl groups excluding tert-OH is 1. The Morgan fingerprint density at radius 2 is 1.92 bits per heavy atom. The first-order chi connectivity index (χ1) is 11.6. The third-order valence-electron chi connectivity index (χ3n) is 3.71. The lowest BCUT2D eigenvalue weighted by Crippen LogP contribution is -2.25. The van der Waals surface area contributed by atoms with Crippen molar-refractivity contribution in [2.45, 2.75) is 32.3 Å². The van der Waals surface area contributed by atoms with Crippen LogP contribution >= 0.6 is 11.6 Å². The number of halogens is 1. The highest BCUT2D eigenvalue weighted by Crippen LogP contribution is 2.25. The zero-order valence-corrected chi connectivity index (χ0v) is 14.9. The molecule has 3 nitrogen and oxygen atoms in total. The Morgan fingerprint density at radius 3 is 2.67 bits per heavy atom. The van der Waals surface area contributed by atoms with Crippen molar-refractivity contribution in [3.8, 4) is 5.75 Å². The van der Waals surface area contributed by atoms with Crippen LogP contribution in [0.1, 0.15) is 30.9 Å². The van der Waals surface area contributed by atoms with Crippen LogP contribution in [0.4, 0.5) is 0 Å². The van der Waals surface area contributed by atoms with Crippen molar-refractivity contribution in [2.24, 2.45) is 0 Å². The van der Waals surface area contributed by atoms with Gasteiger partial charge in [-0.3, -0.25) is 0 Å². The lowest BCUT2D eigenvalue weighted by molar-refractivity contribution is 0.191. The van der Waals surface area contributed by atoms with Crippen LogP contribution in [0, 0.1) is 0 Å². The van der Waals surface area contributed by atoms with Gasteiger partial charge < -0.3 is 15.2 Å². The number of unbranched alkanes of at least 4 members (excludes halogenated alkanes) is 1. The number of hydrogen-bond donors (Lipinski definition) is 2. The minimum absolute atomic E-state index is 0.295. The Bertz CT molecular complexity index is 602. The zero-order chi connectivity index (χ0) is 17.2. The molecule has 0 aliphatic carbocycles. The van der Waals surface area contributed by atoms with E-state index in [2.05, 4.69) is 17.4 Å². The summed E-state index contributed by atoms with van der Waals surface area (Å²) in [5, 5.41) is 13.1. The smallest absolute Gasteiger partial charge is 0.122 e. The molecule has 4 heteroatoms. The first-order valence-corrected chi connectivity index (χ1v) is 8.87. The second-order valence-corrected chi connectivity index (χ2v) is 6.46. The third kappa shape index (κ3) is 6.91. The molecule has 0 aliphatic heterocycles. The topological polar surface area (TPSA) is 41.5 Å². The lowest BCUT2D eigenvalue weighted by atomic mass is 10.0. The molecule has 2 rings (SSSR count). The molecule has 0 amide bonds. The van der Waals surface area contributed by atoms with Gasteiger partial charge in [-0.05, 0) is 55.6 Å². The highest BCUT2D eigenvalue weighted by Gasteiger charge is 2.06. The van der Waals surface area contributed by atoms with Gasteiger partial charge >= 0.3 is 0 Å². The molecule has 0 spiro atoms. The molecule has 0 fully saturated rings. The number of nitrogens with one attached hydrogen (secondary N) is 1. The number of aliphatic hydroxyl groups is 1. The minimum atomic E-state index is -0.295. The second-order valence-electron chi connectivity index (χ2n) is 6.02. The van der Waals surface area contributed by atoms with Gasteiger partial charge in [-0.15, -0.1) is 0 Å². The fraction of sp³-hybridized carbons (Fsp3) is 0.400. The van der Waals surface area contributed by atoms with Gasteiger partial charge in [0, 0.05) is 18.0 Å². The summed E-state index contributed by atoms with van der Waals surface area (Å²) in [5.74, 6) is 0.903. The average Bonchev–Trinajstić information content (AvgIpc) is 2.56. The van der Waals surface area contributed by atoms with Crippen molar-refractivity contribution in [3.05, 3.63) is 64.7 Å². The van der Waals surface area contributed by atoms with Crippen molar-refractivity contribution in [2.75, 3.05) is 19.7 Å². The van der Waals surface area contributed by atoms with Crippen LogP contribution < -0.4 is 10.1 Å². The Hall–Kier alpha value is -1.55. The molecule has 2 aromatic carbocycles. The summed E-state index contributed by atoms with van der Waals surface area (Å²) in [5.41, 5.74) is 2.35. The zero-order valence-electron chi connectivity index (χ0n) is 14.2. The molecular formula is C20H26ClNO2. The summed E-state index contributed by atoms with van der Waals surface area (Å²) in [6.45, 7) is 4.00. The molecule has 2 aromatic rings. The van der Waals surface area contributed by atoms with E-state index in [1.165, 1.54) is 5.56 Å². The first-order valence-electron chi connectivity index (χ1n) is 8.49. The van der Waals surface area contributed by atoms with Crippen LogP contribution in [0.2, 0.25) is 5.02 Å². The number of benzene rings is 2. The summed E-state index contributed by atoms with van der Waals surface area (Å²) in [6, 6.07) is 16.1. The standard InChI is InChI=1S/C20H26ClNO2/c1-16(23)15-22-11-5-6-12-24-20-10-9-19(21)14-18(20)13-17-7-3-2-4-8-17/h2-4,7-10,14,16,22-23H,5-6,11-13,15H2,1H3/t16-/m0/s1. The molecule has 0 saturated carbocycles. The molecule has 2 N–H and O–H groups in total. The van der Waals surface area contributed by atoms with Gasteiger partial charge in [0.2, 0.25) is 0 Å². The lowest BCUT2D eigenvalue weighted by Gasteiger charge is -2.12. The molecule has 24 heavy (non-hydrogen) atoms. The number of rotatable bonds is 10. The maximum atomic E-state index is 9.18. The molecular weight excluding hydrogens is 322 g/mol. The monoisotopic (exact) mass is 347 g/mol. The fourth-order valence-electron chi connectivity index (χ4n) is 2.49. The molecule has 1 atom stereocenters. The van der Waals surface area contributed by atoms with Crippen LogP contribution in [0.25, 0.3) is 0 Å². The Kier molecular flexibility index (Phi) is 8.10. The van der Waals surface area contributed by atoms with Crippen molar-refractivity contribution in [1.82, 2.24) is 5.32 Å². The van der Waals surface area contributed by atoms with Gasteiger partial charge in [0.1, 0.15) is 5.75 Å². The van der Waals surface area contributed by atoms with Gasteiger partial charge in [0.05, 0.1) is 12.7 Å². The quantitative estimate of drug-likeness (QED) is 0.637. The Morgan fingerprint density at radius 1 is 1.12 bits per heavy atom. The molecule has 0 heterocycles. The van der Waals surface area contributed by atoms with E-state index >= 15 is 0 Å². The van der Waals surface area contributed by atoms with E-state index in [0.29, 0.717) is 13.2 Å². The molecule has 0 aliphatic rings. The van der Waals surface area contributed by atoms with Gasteiger partial charge in [0.15, 0.2) is 0 Å². The maximum Gasteiger partial charge on any atom is 0.122 e. The summed E-state index contributed by atoms with van der Waals surface area (Å²) in [4.78, 5) is 0. The summed E-state index contributed by atoms with van der Waals surface area (Å²) in [6.07, 6.45) is 2.51. The Labute approximate surface area is 149 Å². The largest absolute Gasteiger partial charge is 0.493 e. The minimum Gasteiger partial charge on any atom is -0.493 e. The van der Waals surface area contributed by atoms with Crippen LogP contribution in [-0.4, -0.2) is 30.9 Å². The number of ether oxygens (including phenoxy) is 1. The van der Waals surface area contributed by atoms with Crippen molar-refractivity contribution in [3.63, 3.8) is 0 Å². The van der Waals surface area contributed by atoms with Crippen LogP contribution in [0.15, 0.2) is 48.5 Å². The first kappa shape index (κ1) is 18.8. The molecule has 0 bridgehead atoms. The predicted molar refractivity (Wildman–Crippen MR) is 100.0 cm³/mol. The average molecular weight is 348 g/mol. The van der Waals surface area contributed by atoms with Gasteiger partial charge in [-0.25, -0.2) is 0 Å². The van der Waals surface area contributed by atoms with Crippen molar-refractivity contribution < 1.29 is 9.84 Å². The molecule has 0 saturated heterocycles. The van der Waals surface area contributed by atoms with E-state index in [4.69, 9.17) is 16.3 Å². The highest BCUT2D eigenvalue weighted by atomic mass is 35.5. The SMILES string of the molecule is C[C@H](O)CNCCCCOc1ccc(Cl)cc1Cc1ccccc1. The van der Waals surface area contributed by atoms with Crippen molar-refractivity contribution >= 4 is 11.6 Å². The second kappa shape index (κ2) is 10.3. The van der Waals surface area contributed by atoms with E-state index in [0.717, 1.165) is 42.1 Å². The van der Waals surface area contributed by atoms with Crippen molar-refractivity contribution in [1.29, 1.82) is 0 Å². The van der Waals surface area contributed by atoms with Crippen LogP contribution in [-0.2, 0) is 6.42 Å². The molecule has 0 radical (unpaired) electrons. The van der Waals surface area contributed by atoms with E-state index in [1.54, 1.807) is 6.92 Å². The fourth-order valence-corrected chi connectivity index (χ4v) is 2.68. The predicted octanol–water partition coefficient (Wildman–Crippen LogP) is 4.06. The van der Waals surface area contributed by atoms with Crippen LogP contribution in [0.3, 0.4) is 0 Å². The van der Waals surface area contributed by atoms with Crippen LogP contribution in [0.5, 0.6) is 5.75 Å². The Balaban J connectivity index is 1.82. The van der Waals surface area contributed by atoms with E-state index in [-0.39, 0.29) is 6.10 Å². The molecule has 0 unspecified atom stereocenters. The third-order valence-corrected chi connectivity index (χ3v) is 3.94. The van der Waals surface area contributed by atoms with Gasteiger partial charge in [-0.1, -0.05) is 41.9 Å². The van der Waals surface area contributed by atoms with Gasteiger partial charge in [0.25, 0.3) is 0 Å². The number of hydrogen-bond acceptors (Lipinski definition) is 3. The highest BCUT2D eigenvalue weighted by molar-refractivity contribution is 6.30. The van der Waals surface area contributed by atoms with E-state index in [9.17, 15) is 5.11 Å². The summed E-state index contributed by atoms with van der Waals surface area (Å²) < 4.78 is 5.96. The summed E-state index contributed by atoms with van der Waals surface area (Å²) in [7, 11) is 0. The maximum absolute atomic E-state index is 9.18. The van der Waals surface area contributed by atoms with Gasteiger partial charge in [-0.2, -0.15) is 0 Å². The molecule has 0 aromatic heterocycles. The normalized spacial score (nSPS) is 12.1. The van der Waals surface area contributed by atoms with E-state index < -0.39 is 0 Å².